The number of anilines is 1. The van der Waals surface area contributed by atoms with E-state index in [4.69, 9.17) is 0 Å². The molecule has 1 aliphatic rings. The zero-order chi connectivity index (χ0) is 22.6. The number of halogens is 4. The number of aromatic nitrogens is 2. The van der Waals surface area contributed by atoms with Gasteiger partial charge in [-0.05, 0) is 31.5 Å². The molecule has 1 aromatic heterocycles. The number of rotatable bonds is 4. The summed E-state index contributed by atoms with van der Waals surface area (Å²) in [5.41, 5.74) is -3.07. The van der Waals surface area contributed by atoms with E-state index in [-0.39, 0.29) is 17.3 Å². The van der Waals surface area contributed by atoms with Crippen LogP contribution in [0.1, 0.15) is 31.0 Å². The Kier molecular flexibility index (Phi) is 4.88. The van der Waals surface area contributed by atoms with Crippen molar-refractivity contribution in [3.8, 4) is 11.1 Å². The molecule has 2 aromatic carbocycles. The Morgan fingerprint density at radius 3 is 2.45 bits per heavy atom. The average molecular weight is 433 g/mol. The zero-order valence-electron chi connectivity index (χ0n) is 16.7. The van der Waals surface area contributed by atoms with Gasteiger partial charge in [0.25, 0.3) is 11.5 Å². The molecule has 1 amide bonds. The fraction of sp³-hybridized carbons (Fsp3) is 0.273. The van der Waals surface area contributed by atoms with E-state index >= 15 is 0 Å². The summed E-state index contributed by atoms with van der Waals surface area (Å²) in [5, 5.41) is 14.5. The van der Waals surface area contributed by atoms with Crippen LogP contribution in [0.25, 0.3) is 11.1 Å². The van der Waals surface area contributed by atoms with Crippen LogP contribution in [0.3, 0.4) is 0 Å². The van der Waals surface area contributed by atoms with E-state index in [1.54, 1.807) is 23.1 Å². The van der Waals surface area contributed by atoms with E-state index < -0.39 is 35.6 Å². The highest BCUT2D eigenvalue weighted by Gasteiger charge is 2.66. The van der Waals surface area contributed by atoms with Gasteiger partial charge in [-0.15, -0.1) is 0 Å². The number of fused-ring (bicyclic) bond motifs is 1. The van der Waals surface area contributed by atoms with E-state index in [2.05, 4.69) is 5.10 Å². The van der Waals surface area contributed by atoms with Gasteiger partial charge in [-0.2, -0.15) is 18.3 Å². The normalized spacial score (nSPS) is 18.7. The number of nitrogens with zero attached hydrogens (tertiary/aromatic N) is 3. The maximum absolute atomic E-state index is 14.8. The number of carbonyl (C=O) groups is 1. The molecule has 1 atom stereocenters. The lowest BCUT2D eigenvalue weighted by atomic mass is 9.95. The molecule has 1 aliphatic heterocycles. The third-order valence-electron chi connectivity index (χ3n) is 5.39. The monoisotopic (exact) mass is 433 g/mol. The Morgan fingerprint density at radius 2 is 1.84 bits per heavy atom. The Bertz CT molecular complexity index is 1160. The van der Waals surface area contributed by atoms with Crippen LogP contribution in [0.15, 0.2) is 54.9 Å². The molecule has 162 valence electrons. The Hall–Kier alpha value is -3.20. The molecule has 1 N–H and O–H groups in total. The summed E-state index contributed by atoms with van der Waals surface area (Å²) >= 11 is 0. The molecule has 0 fully saturated rings. The third kappa shape index (κ3) is 3.29. The van der Waals surface area contributed by atoms with E-state index in [0.717, 1.165) is 11.0 Å². The van der Waals surface area contributed by atoms with Crippen LogP contribution in [0.5, 0.6) is 0 Å². The number of carbonyl (C=O) groups excluding carboxylic acids is 1. The first-order valence-corrected chi connectivity index (χ1v) is 9.57. The van der Waals surface area contributed by atoms with E-state index in [0.29, 0.717) is 11.1 Å². The minimum atomic E-state index is -5.21. The van der Waals surface area contributed by atoms with Crippen LogP contribution in [0.2, 0.25) is 0 Å². The van der Waals surface area contributed by atoms with Gasteiger partial charge in [0.2, 0.25) is 0 Å². The van der Waals surface area contributed by atoms with Gasteiger partial charge in [-0.25, -0.2) is 4.39 Å². The first-order valence-electron chi connectivity index (χ1n) is 9.57. The minimum Gasteiger partial charge on any atom is -0.368 e. The SMILES string of the molecule is CC(C)n1cc(-c2ccc(CN3C(=O)C(O)(C(F)(F)F)c4ccccc43)c(F)c2)cn1. The summed E-state index contributed by atoms with van der Waals surface area (Å²) < 4.78 is 57.3. The highest BCUT2D eigenvalue weighted by molar-refractivity contribution is 6.07. The highest BCUT2D eigenvalue weighted by Crippen LogP contribution is 2.49. The van der Waals surface area contributed by atoms with Gasteiger partial charge in [-0.1, -0.05) is 30.3 Å². The van der Waals surface area contributed by atoms with Crippen LogP contribution in [0, 0.1) is 5.82 Å². The summed E-state index contributed by atoms with van der Waals surface area (Å²) in [4.78, 5) is 13.4. The number of benzene rings is 2. The summed E-state index contributed by atoms with van der Waals surface area (Å²) in [7, 11) is 0. The van der Waals surface area contributed by atoms with Crippen LogP contribution in [0.4, 0.5) is 23.2 Å². The number of hydrogen-bond donors (Lipinski definition) is 1. The van der Waals surface area contributed by atoms with Crippen LogP contribution < -0.4 is 4.90 Å². The molecule has 2 heterocycles. The highest BCUT2D eigenvalue weighted by atomic mass is 19.4. The minimum absolute atomic E-state index is 0.0228. The molecule has 0 radical (unpaired) electrons. The molecule has 0 saturated carbocycles. The number of para-hydroxylation sites is 1. The molecule has 5 nitrogen and oxygen atoms in total. The predicted molar refractivity (Wildman–Crippen MR) is 106 cm³/mol. The van der Waals surface area contributed by atoms with Crippen molar-refractivity contribution in [2.75, 3.05) is 4.90 Å². The van der Waals surface area contributed by atoms with Gasteiger partial charge >= 0.3 is 6.18 Å². The van der Waals surface area contributed by atoms with Crippen molar-refractivity contribution in [3.63, 3.8) is 0 Å². The Morgan fingerprint density at radius 1 is 1.13 bits per heavy atom. The lowest BCUT2D eigenvalue weighted by molar-refractivity contribution is -0.253. The molecule has 0 aliphatic carbocycles. The first kappa shape index (κ1) is 21.0. The smallest absolute Gasteiger partial charge is 0.368 e. The lowest BCUT2D eigenvalue weighted by Gasteiger charge is -2.25. The maximum Gasteiger partial charge on any atom is 0.430 e. The first-order chi connectivity index (χ1) is 14.5. The van der Waals surface area contributed by atoms with Gasteiger partial charge < -0.3 is 10.0 Å². The summed E-state index contributed by atoms with van der Waals surface area (Å²) in [6, 6.07) is 9.51. The maximum atomic E-state index is 14.8. The van der Waals surface area contributed by atoms with E-state index in [1.165, 1.54) is 30.3 Å². The second-order valence-corrected chi connectivity index (χ2v) is 7.73. The molecule has 31 heavy (non-hydrogen) atoms. The number of hydrogen-bond acceptors (Lipinski definition) is 3. The Labute approximate surface area is 175 Å². The van der Waals surface area contributed by atoms with Crippen LogP contribution in [-0.4, -0.2) is 27.0 Å². The fourth-order valence-electron chi connectivity index (χ4n) is 3.66. The second kappa shape index (κ2) is 7.19. The largest absolute Gasteiger partial charge is 0.430 e. The molecule has 4 rings (SSSR count). The summed E-state index contributed by atoms with van der Waals surface area (Å²) in [6.45, 7) is 3.45. The average Bonchev–Trinajstić information content (AvgIpc) is 3.28. The van der Waals surface area contributed by atoms with E-state index in [9.17, 15) is 27.5 Å². The second-order valence-electron chi connectivity index (χ2n) is 7.73. The number of alkyl halides is 3. The number of aliphatic hydroxyl groups is 1. The zero-order valence-corrected chi connectivity index (χ0v) is 16.7. The number of amides is 1. The predicted octanol–water partition coefficient (Wildman–Crippen LogP) is 4.57. The van der Waals surface area contributed by atoms with Gasteiger partial charge in [-0.3, -0.25) is 9.48 Å². The molecule has 0 spiro atoms. The topological polar surface area (TPSA) is 58.4 Å². The van der Waals surface area contributed by atoms with Gasteiger partial charge in [0, 0.05) is 28.9 Å². The molecular weight excluding hydrogens is 414 g/mol. The van der Waals surface area contributed by atoms with Crippen molar-refractivity contribution in [1.82, 2.24) is 9.78 Å². The van der Waals surface area contributed by atoms with Crippen molar-refractivity contribution in [3.05, 3.63) is 71.8 Å². The van der Waals surface area contributed by atoms with Crippen molar-refractivity contribution < 1.29 is 27.5 Å². The quantitative estimate of drug-likeness (QED) is 0.614. The van der Waals surface area contributed by atoms with Crippen LogP contribution in [-0.2, 0) is 16.9 Å². The lowest BCUT2D eigenvalue weighted by Crippen LogP contribution is -2.50. The summed E-state index contributed by atoms with van der Waals surface area (Å²) in [5.74, 6) is -2.23. The van der Waals surface area contributed by atoms with Gasteiger partial charge in [0.15, 0.2) is 0 Å². The third-order valence-corrected chi connectivity index (χ3v) is 5.39. The van der Waals surface area contributed by atoms with Crippen molar-refractivity contribution in [1.29, 1.82) is 0 Å². The summed E-state index contributed by atoms with van der Waals surface area (Å²) in [6.07, 6.45) is -1.85. The van der Waals surface area contributed by atoms with Crippen molar-refractivity contribution >= 4 is 11.6 Å². The van der Waals surface area contributed by atoms with E-state index in [1.807, 2.05) is 13.8 Å². The van der Waals surface area contributed by atoms with Gasteiger partial charge in [0.1, 0.15) is 5.82 Å². The van der Waals surface area contributed by atoms with Crippen molar-refractivity contribution in [2.24, 2.45) is 0 Å². The standard InChI is InChI=1S/C22H19F4N3O2/c1-13(2)29-12-16(10-27-29)14-7-8-15(18(23)9-14)11-28-19-6-4-3-5-17(19)21(31,20(28)30)22(24,25)26/h3-10,12-13,31H,11H2,1-2H3. The van der Waals surface area contributed by atoms with Crippen molar-refractivity contribution in [2.45, 2.75) is 38.2 Å². The van der Waals surface area contributed by atoms with Crippen LogP contribution >= 0.6 is 0 Å². The molecular formula is C22H19F4N3O2. The molecule has 0 bridgehead atoms. The Balaban J connectivity index is 1.67. The fourth-order valence-corrected chi connectivity index (χ4v) is 3.66. The molecule has 3 aromatic rings. The molecule has 1 unspecified atom stereocenters. The molecule has 9 heteroatoms. The molecule has 0 saturated heterocycles. The van der Waals surface area contributed by atoms with Gasteiger partial charge in [0.05, 0.1) is 18.4 Å².